The second kappa shape index (κ2) is 5.37. The lowest BCUT2D eigenvalue weighted by Crippen LogP contribution is -2.09. The van der Waals surface area contributed by atoms with Gasteiger partial charge in [0.1, 0.15) is 15.7 Å². The molecule has 1 heterocycles. The number of benzene rings is 1. The maximum absolute atomic E-state index is 13.2. The third kappa shape index (κ3) is 3.07. The number of nitrogens with one attached hydrogen (secondary N) is 1. The number of halogens is 1. The maximum Gasteiger partial charge on any atom is 0.182 e. The molecule has 0 aliphatic heterocycles. The Hall–Kier alpha value is -1.67. The molecule has 2 aromatic rings. The van der Waals surface area contributed by atoms with Gasteiger partial charge < -0.3 is 11.1 Å². The minimum absolute atomic E-state index is 0.00856. The number of sulfone groups is 1. The van der Waals surface area contributed by atoms with Crippen molar-refractivity contribution in [3.8, 4) is 0 Å². The number of aromatic nitrogens is 1. The van der Waals surface area contributed by atoms with Crippen molar-refractivity contribution in [1.29, 1.82) is 0 Å². The Kier molecular flexibility index (Phi) is 3.96. The third-order valence-electron chi connectivity index (χ3n) is 2.74. The first-order valence-electron chi connectivity index (χ1n) is 5.76. The second-order valence-corrected chi connectivity index (χ2v) is 7.15. The van der Waals surface area contributed by atoms with Gasteiger partial charge in [0.05, 0.1) is 0 Å². The number of anilines is 2. The quantitative estimate of drug-likeness (QED) is 0.905. The molecule has 108 valence electrons. The monoisotopic (exact) mass is 315 g/mol. The van der Waals surface area contributed by atoms with Crippen molar-refractivity contribution in [2.24, 2.45) is 0 Å². The van der Waals surface area contributed by atoms with E-state index in [9.17, 15) is 12.8 Å². The fourth-order valence-electron chi connectivity index (χ4n) is 1.80. The van der Waals surface area contributed by atoms with E-state index < -0.39 is 9.84 Å². The minimum Gasteiger partial charge on any atom is -0.382 e. The zero-order chi connectivity index (χ0) is 14.9. The van der Waals surface area contributed by atoms with E-state index in [1.165, 1.54) is 12.1 Å². The molecule has 0 fully saturated rings. The highest BCUT2D eigenvalue weighted by atomic mass is 32.2. The molecule has 20 heavy (non-hydrogen) atoms. The van der Waals surface area contributed by atoms with Gasteiger partial charge in [0, 0.05) is 12.3 Å². The lowest BCUT2D eigenvalue weighted by molar-refractivity contribution is 0.602. The van der Waals surface area contributed by atoms with Crippen LogP contribution in [-0.2, 0) is 9.84 Å². The molecule has 0 saturated carbocycles. The lowest BCUT2D eigenvalue weighted by Gasteiger charge is -2.15. The number of rotatable bonds is 4. The number of hydrogen-bond acceptors (Lipinski definition) is 6. The molecule has 0 aliphatic carbocycles. The standard InChI is InChI=1S/C12H14FN3O2S2/c1-7(8-4-3-5-9(13)6-8)15-12-10(20(2,17)18)11(14)16-19-12/h3-7,15H,1-2H3,(H2,14,16). The lowest BCUT2D eigenvalue weighted by atomic mass is 10.1. The largest absolute Gasteiger partial charge is 0.382 e. The van der Waals surface area contributed by atoms with Gasteiger partial charge in [0.2, 0.25) is 0 Å². The summed E-state index contributed by atoms with van der Waals surface area (Å²) in [6.45, 7) is 1.80. The molecule has 2 rings (SSSR count). The van der Waals surface area contributed by atoms with Crippen LogP contribution in [0.4, 0.5) is 15.2 Å². The molecule has 0 amide bonds. The van der Waals surface area contributed by atoms with Crippen molar-refractivity contribution in [3.05, 3.63) is 35.6 Å². The van der Waals surface area contributed by atoms with Crippen LogP contribution in [-0.4, -0.2) is 19.0 Å². The van der Waals surface area contributed by atoms with E-state index in [1.807, 2.05) is 0 Å². The van der Waals surface area contributed by atoms with Crippen LogP contribution < -0.4 is 11.1 Å². The summed E-state index contributed by atoms with van der Waals surface area (Å²) in [4.78, 5) is -0.00856. The highest BCUT2D eigenvalue weighted by Crippen LogP contribution is 2.33. The minimum atomic E-state index is -3.47. The van der Waals surface area contributed by atoms with Crippen LogP contribution >= 0.6 is 11.5 Å². The fourth-order valence-corrected chi connectivity index (χ4v) is 3.94. The summed E-state index contributed by atoms with van der Waals surface area (Å²) in [5, 5.41) is 3.37. The molecule has 0 bridgehead atoms. The van der Waals surface area contributed by atoms with Crippen molar-refractivity contribution >= 4 is 32.2 Å². The van der Waals surface area contributed by atoms with E-state index in [0.29, 0.717) is 10.6 Å². The maximum atomic E-state index is 13.2. The molecule has 1 aromatic heterocycles. The zero-order valence-electron chi connectivity index (χ0n) is 10.9. The summed E-state index contributed by atoms with van der Waals surface area (Å²) in [7, 11) is -3.47. The predicted molar refractivity (Wildman–Crippen MR) is 78.1 cm³/mol. The molecule has 0 saturated heterocycles. The topological polar surface area (TPSA) is 85.1 Å². The number of hydrogen-bond donors (Lipinski definition) is 2. The number of nitrogens with two attached hydrogens (primary N) is 1. The van der Waals surface area contributed by atoms with Gasteiger partial charge in [-0.15, -0.1) is 0 Å². The molecule has 1 unspecified atom stereocenters. The Balaban J connectivity index is 2.32. The van der Waals surface area contributed by atoms with Gasteiger partial charge in [0.15, 0.2) is 15.7 Å². The first-order chi connectivity index (χ1) is 9.29. The summed E-state index contributed by atoms with van der Waals surface area (Å²) in [6.07, 6.45) is 1.07. The molecular weight excluding hydrogens is 301 g/mol. The molecule has 1 aromatic carbocycles. The van der Waals surface area contributed by atoms with Crippen molar-refractivity contribution in [1.82, 2.24) is 4.37 Å². The van der Waals surface area contributed by atoms with Crippen LogP contribution in [0.1, 0.15) is 18.5 Å². The Labute approximate surface area is 120 Å². The van der Waals surface area contributed by atoms with Crippen molar-refractivity contribution in [2.75, 3.05) is 17.3 Å². The fraction of sp³-hybridized carbons (Fsp3) is 0.250. The number of nitrogen functional groups attached to an aromatic ring is 1. The summed E-state index contributed by atoms with van der Waals surface area (Å²) in [5.41, 5.74) is 6.29. The molecule has 3 N–H and O–H groups in total. The van der Waals surface area contributed by atoms with E-state index in [0.717, 1.165) is 17.8 Å². The molecule has 0 spiro atoms. The van der Waals surface area contributed by atoms with Crippen LogP contribution in [0.3, 0.4) is 0 Å². The predicted octanol–water partition coefficient (Wildman–Crippen LogP) is 2.44. The number of nitrogens with zero attached hydrogens (tertiary/aromatic N) is 1. The van der Waals surface area contributed by atoms with Crippen LogP contribution in [0.5, 0.6) is 0 Å². The summed E-state index contributed by atoms with van der Waals surface area (Å²) in [6, 6.07) is 5.82. The highest BCUT2D eigenvalue weighted by molar-refractivity contribution is 7.91. The van der Waals surface area contributed by atoms with Crippen molar-refractivity contribution in [2.45, 2.75) is 17.9 Å². The van der Waals surface area contributed by atoms with Gasteiger partial charge in [-0.1, -0.05) is 12.1 Å². The Morgan fingerprint density at radius 2 is 2.15 bits per heavy atom. The van der Waals surface area contributed by atoms with Gasteiger partial charge in [-0.3, -0.25) is 0 Å². The summed E-state index contributed by atoms with van der Waals surface area (Å²) >= 11 is 0.971. The Morgan fingerprint density at radius 3 is 2.75 bits per heavy atom. The van der Waals surface area contributed by atoms with E-state index >= 15 is 0 Å². The summed E-state index contributed by atoms with van der Waals surface area (Å²) < 4.78 is 40.4. The Morgan fingerprint density at radius 1 is 1.45 bits per heavy atom. The van der Waals surface area contributed by atoms with E-state index in [-0.39, 0.29) is 22.6 Å². The van der Waals surface area contributed by atoms with Crippen molar-refractivity contribution in [3.63, 3.8) is 0 Å². The Bertz CT molecular complexity index is 728. The van der Waals surface area contributed by atoms with Gasteiger partial charge in [-0.05, 0) is 36.2 Å². The van der Waals surface area contributed by atoms with Gasteiger partial charge >= 0.3 is 0 Å². The molecular formula is C12H14FN3O2S2. The first-order valence-corrected chi connectivity index (χ1v) is 8.42. The second-order valence-electron chi connectivity index (χ2n) is 4.42. The third-order valence-corrected chi connectivity index (χ3v) is 4.82. The van der Waals surface area contributed by atoms with Gasteiger partial charge in [-0.2, -0.15) is 4.37 Å². The van der Waals surface area contributed by atoms with Crippen LogP contribution in [0.2, 0.25) is 0 Å². The average Bonchev–Trinajstić information content (AvgIpc) is 2.70. The SMILES string of the molecule is CC(Nc1snc(N)c1S(C)(=O)=O)c1cccc(F)c1. The van der Waals surface area contributed by atoms with E-state index in [4.69, 9.17) is 5.73 Å². The zero-order valence-corrected chi connectivity index (χ0v) is 12.6. The molecule has 0 aliphatic rings. The van der Waals surface area contributed by atoms with Crippen LogP contribution in [0, 0.1) is 5.82 Å². The van der Waals surface area contributed by atoms with Gasteiger partial charge in [0.25, 0.3) is 0 Å². The molecule has 0 radical (unpaired) electrons. The van der Waals surface area contributed by atoms with Crippen molar-refractivity contribution < 1.29 is 12.8 Å². The highest BCUT2D eigenvalue weighted by Gasteiger charge is 2.22. The normalized spacial score (nSPS) is 13.2. The van der Waals surface area contributed by atoms with Crippen LogP contribution in [0.15, 0.2) is 29.2 Å². The smallest absolute Gasteiger partial charge is 0.182 e. The molecule has 8 heteroatoms. The van der Waals surface area contributed by atoms with E-state index in [1.54, 1.807) is 19.1 Å². The van der Waals surface area contributed by atoms with E-state index in [2.05, 4.69) is 9.69 Å². The first kappa shape index (κ1) is 14.7. The van der Waals surface area contributed by atoms with Gasteiger partial charge in [-0.25, -0.2) is 12.8 Å². The molecule has 1 atom stereocenters. The average molecular weight is 315 g/mol. The summed E-state index contributed by atoms with van der Waals surface area (Å²) in [5.74, 6) is -0.366. The molecule has 5 nitrogen and oxygen atoms in total. The van der Waals surface area contributed by atoms with Crippen LogP contribution in [0.25, 0.3) is 0 Å².